The molecule has 1 N–H and O–H groups in total. The molecule has 1 heterocycles. The zero-order chi connectivity index (χ0) is 11.4. The van der Waals surface area contributed by atoms with Crippen LogP contribution in [0.15, 0.2) is 6.20 Å². The zero-order valence-electron chi connectivity index (χ0n) is 9.27. The number of aromatic nitrogens is 2. The summed E-state index contributed by atoms with van der Waals surface area (Å²) in [7, 11) is 3.34. The molecule has 1 aromatic heterocycles. The summed E-state index contributed by atoms with van der Waals surface area (Å²) in [4.78, 5) is 0. The van der Waals surface area contributed by atoms with E-state index in [1.807, 2.05) is 6.92 Å². The molecule has 15 heavy (non-hydrogen) atoms. The van der Waals surface area contributed by atoms with Crippen molar-refractivity contribution >= 4 is 11.6 Å². The third-order valence-electron chi connectivity index (χ3n) is 2.45. The maximum atomic E-state index is 10.1. The number of aryl methyl sites for hydroxylation is 1. The average molecular weight is 233 g/mol. The van der Waals surface area contributed by atoms with Crippen molar-refractivity contribution in [1.29, 1.82) is 0 Å². The molecule has 0 saturated carbocycles. The highest BCUT2D eigenvalue weighted by Crippen LogP contribution is 2.27. The molecular formula is C10H17ClN2O2. The van der Waals surface area contributed by atoms with Gasteiger partial charge < -0.3 is 9.84 Å². The zero-order valence-corrected chi connectivity index (χ0v) is 10.0. The average Bonchev–Trinajstić information content (AvgIpc) is 2.54. The molecule has 0 aliphatic heterocycles. The van der Waals surface area contributed by atoms with Gasteiger partial charge in [0.15, 0.2) is 0 Å². The fourth-order valence-corrected chi connectivity index (χ4v) is 1.90. The van der Waals surface area contributed by atoms with Gasteiger partial charge >= 0.3 is 0 Å². The van der Waals surface area contributed by atoms with Crippen LogP contribution in [0.3, 0.4) is 0 Å². The Bertz CT molecular complexity index is 295. The van der Waals surface area contributed by atoms with Crippen LogP contribution in [-0.2, 0) is 11.8 Å². The first-order chi connectivity index (χ1) is 7.11. The molecule has 0 aliphatic carbocycles. The summed E-state index contributed by atoms with van der Waals surface area (Å²) in [5.74, 6) is 0. The minimum Gasteiger partial charge on any atom is -0.384 e. The van der Waals surface area contributed by atoms with E-state index in [-0.39, 0.29) is 6.10 Å². The van der Waals surface area contributed by atoms with Crippen LogP contribution >= 0.6 is 11.6 Å². The highest BCUT2D eigenvalue weighted by molar-refractivity contribution is 6.31. The number of hydrogen-bond acceptors (Lipinski definition) is 3. The van der Waals surface area contributed by atoms with Crippen LogP contribution in [0.1, 0.15) is 31.6 Å². The fraction of sp³-hybridized carbons (Fsp3) is 0.700. The Hall–Kier alpha value is -0.580. The molecule has 0 fully saturated rings. The lowest BCUT2D eigenvalue weighted by Gasteiger charge is -2.21. The molecular weight excluding hydrogens is 216 g/mol. The molecule has 0 amide bonds. The molecule has 0 spiro atoms. The van der Waals surface area contributed by atoms with Crippen molar-refractivity contribution in [2.75, 3.05) is 7.11 Å². The summed E-state index contributed by atoms with van der Waals surface area (Å²) in [6.45, 7) is 2.05. The van der Waals surface area contributed by atoms with E-state index in [1.165, 1.54) is 6.20 Å². The van der Waals surface area contributed by atoms with Crippen LogP contribution < -0.4 is 0 Å². The van der Waals surface area contributed by atoms with Gasteiger partial charge in [-0.1, -0.05) is 24.9 Å². The van der Waals surface area contributed by atoms with E-state index in [0.717, 1.165) is 12.8 Å². The molecule has 2 atom stereocenters. The summed E-state index contributed by atoms with van der Waals surface area (Å²) < 4.78 is 6.81. The molecule has 0 aromatic carbocycles. The van der Waals surface area contributed by atoms with Crippen molar-refractivity contribution in [3.63, 3.8) is 0 Å². The number of rotatable bonds is 5. The molecule has 1 aromatic rings. The third kappa shape index (κ3) is 2.71. The lowest BCUT2D eigenvalue weighted by Crippen LogP contribution is -2.23. The standard InChI is InChI=1S/C10H17ClN2O2/c1-4-5-8(15-3)10(14)9-7(11)6-12-13(9)2/h6,8,10,14H,4-5H2,1-3H3. The quantitative estimate of drug-likeness (QED) is 0.844. The normalized spacial score (nSPS) is 15.3. The van der Waals surface area contributed by atoms with Crippen LogP contribution in [0.5, 0.6) is 0 Å². The molecule has 86 valence electrons. The number of methoxy groups -OCH3 is 1. The third-order valence-corrected chi connectivity index (χ3v) is 2.74. The summed E-state index contributed by atoms with van der Waals surface area (Å²) in [6.07, 6.45) is 2.31. The van der Waals surface area contributed by atoms with E-state index in [0.29, 0.717) is 10.7 Å². The van der Waals surface area contributed by atoms with Gasteiger partial charge in [-0.2, -0.15) is 5.10 Å². The first-order valence-electron chi connectivity index (χ1n) is 5.00. The topological polar surface area (TPSA) is 47.3 Å². The van der Waals surface area contributed by atoms with Gasteiger partial charge in [-0.15, -0.1) is 0 Å². The first-order valence-corrected chi connectivity index (χ1v) is 5.37. The Morgan fingerprint density at radius 3 is 2.73 bits per heavy atom. The maximum absolute atomic E-state index is 10.1. The maximum Gasteiger partial charge on any atom is 0.123 e. The molecule has 1 rings (SSSR count). The predicted octanol–water partition coefficient (Wildman–Crippen LogP) is 1.92. The summed E-state index contributed by atoms with van der Waals surface area (Å²) in [5, 5.41) is 14.6. The van der Waals surface area contributed by atoms with E-state index in [1.54, 1.807) is 18.8 Å². The number of aliphatic hydroxyl groups excluding tert-OH is 1. The fourth-order valence-electron chi connectivity index (χ4n) is 1.62. The second kappa shape index (κ2) is 5.49. The molecule has 0 bridgehead atoms. The summed E-state index contributed by atoms with van der Waals surface area (Å²) in [6, 6.07) is 0. The molecule has 0 saturated heterocycles. The van der Waals surface area contributed by atoms with E-state index in [4.69, 9.17) is 16.3 Å². The van der Waals surface area contributed by atoms with Crippen molar-refractivity contribution in [3.8, 4) is 0 Å². The number of nitrogens with zero attached hydrogens (tertiary/aromatic N) is 2. The van der Waals surface area contributed by atoms with Gasteiger partial charge in [0.1, 0.15) is 6.10 Å². The summed E-state index contributed by atoms with van der Waals surface area (Å²) in [5.41, 5.74) is 0.608. The van der Waals surface area contributed by atoms with E-state index >= 15 is 0 Å². The van der Waals surface area contributed by atoms with E-state index < -0.39 is 6.10 Å². The highest BCUT2D eigenvalue weighted by Gasteiger charge is 2.25. The minimum atomic E-state index is -0.727. The number of halogens is 1. The van der Waals surface area contributed by atoms with E-state index in [9.17, 15) is 5.11 Å². The molecule has 2 unspecified atom stereocenters. The Balaban J connectivity index is 2.86. The molecule has 5 heteroatoms. The largest absolute Gasteiger partial charge is 0.384 e. The Morgan fingerprint density at radius 1 is 1.67 bits per heavy atom. The smallest absolute Gasteiger partial charge is 0.123 e. The second-order valence-corrected chi connectivity index (χ2v) is 3.92. The predicted molar refractivity (Wildman–Crippen MR) is 58.9 cm³/mol. The van der Waals surface area contributed by atoms with Crippen LogP contribution in [-0.4, -0.2) is 28.1 Å². The summed E-state index contributed by atoms with van der Waals surface area (Å²) >= 11 is 5.94. The number of hydrogen-bond donors (Lipinski definition) is 1. The highest BCUT2D eigenvalue weighted by atomic mass is 35.5. The molecule has 0 aliphatic rings. The van der Waals surface area contributed by atoms with Gasteiger partial charge in [0.2, 0.25) is 0 Å². The lowest BCUT2D eigenvalue weighted by atomic mass is 10.1. The monoisotopic (exact) mass is 232 g/mol. The molecule has 4 nitrogen and oxygen atoms in total. The van der Waals surface area contributed by atoms with Crippen LogP contribution in [0.25, 0.3) is 0 Å². The van der Waals surface area contributed by atoms with Crippen LogP contribution in [0.4, 0.5) is 0 Å². The second-order valence-electron chi connectivity index (χ2n) is 3.51. The van der Waals surface area contributed by atoms with Crippen molar-refractivity contribution in [1.82, 2.24) is 9.78 Å². The van der Waals surface area contributed by atoms with Crippen molar-refractivity contribution in [2.24, 2.45) is 7.05 Å². The van der Waals surface area contributed by atoms with Gasteiger partial charge in [-0.25, -0.2) is 0 Å². The van der Waals surface area contributed by atoms with Gasteiger partial charge in [-0.3, -0.25) is 4.68 Å². The van der Waals surface area contributed by atoms with Gasteiger partial charge in [0, 0.05) is 14.2 Å². The Kier molecular flexibility index (Phi) is 4.57. The number of ether oxygens (including phenoxy) is 1. The lowest BCUT2D eigenvalue weighted by molar-refractivity contribution is -0.0216. The van der Waals surface area contributed by atoms with Crippen molar-refractivity contribution in [2.45, 2.75) is 32.0 Å². The van der Waals surface area contributed by atoms with Gasteiger partial charge in [-0.05, 0) is 6.42 Å². The van der Waals surface area contributed by atoms with Gasteiger partial charge in [0.05, 0.1) is 23.0 Å². The first kappa shape index (κ1) is 12.5. The van der Waals surface area contributed by atoms with Crippen LogP contribution in [0, 0.1) is 0 Å². The van der Waals surface area contributed by atoms with Crippen LogP contribution in [0.2, 0.25) is 5.02 Å². The van der Waals surface area contributed by atoms with E-state index in [2.05, 4.69) is 5.10 Å². The SMILES string of the molecule is CCCC(OC)C(O)c1c(Cl)cnn1C. The van der Waals surface area contributed by atoms with Crippen molar-refractivity contribution in [3.05, 3.63) is 16.9 Å². The minimum absolute atomic E-state index is 0.233. The van der Waals surface area contributed by atoms with Gasteiger partial charge in [0.25, 0.3) is 0 Å². The Morgan fingerprint density at radius 2 is 2.33 bits per heavy atom. The Labute approximate surface area is 94.8 Å². The molecule has 0 radical (unpaired) electrons. The van der Waals surface area contributed by atoms with Crippen molar-refractivity contribution < 1.29 is 9.84 Å². The number of aliphatic hydroxyl groups is 1.